The summed E-state index contributed by atoms with van der Waals surface area (Å²) in [5.74, 6) is -0.115. The second kappa shape index (κ2) is 4.93. The average Bonchev–Trinajstić information content (AvgIpc) is 2.00. The summed E-state index contributed by atoms with van der Waals surface area (Å²) < 4.78 is 0. The topological polar surface area (TPSA) is 41.1 Å². The molecule has 0 aromatic rings. The number of nitrogens with one attached hydrogen (secondary N) is 2. The maximum absolute atomic E-state index is 10.9. The molecular weight excluding hydrogens is 152 g/mol. The second-order valence-corrected chi connectivity index (χ2v) is 3.43. The van der Waals surface area contributed by atoms with Gasteiger partial charge in [0.15, 0.2) is 0 Å². The molecule has 0 fully saturated rings. The van der Waals surface area contributed by atoms with Gasteiger partial charge >= 0.3 is 0 Å². The van der Waals surface area contributed by atoms with Crippen molar-refractivity contribution in [3.05, 3.63) is 12.7 Å². The molecule has 0 unspecified atom stereocenters. The molecule has 0 aromatic heterocycles. The van der Waals surface area contributed by atoms with Crippen molar-refractivity contribution in [3.8, 4) is 0 Å². The van der Waals surface area contributed by atoms with Gasteiger partial charge in [0, 0.05) is 5.54 Å². The first-order valence-corrected chi connectivity index (χ1v) is 4.11. The van der Waals surface area contributed by atoms with Crippen molar-refractivity contribution in [2.75, 3.05) is 13.6 Å². The Bertz CT molecular complexity index is 164. The Balaban J connectivity index is 3.85. The molecule has 0 atom stereocenters. The first-order valence-electron chi connectivity index (χ1n) is 4.11. The summed E-state index contributed by atoms with van der Waals surface area (Å²) in [4.78, 5) is 10.9. The first kappa shape index (κ1) is 11.2. The summed E-state index contributed by atoms with van der Waals surface area (Å²) in [7, 11) is 1.89. The molecule has 3 heteroatoms. The van der Waals surface area contributed by atoms with E-state index in [4.69, 9.17) is 0 Å². The summed E-state index contributed by atoms with van der Waals surface area (Å²) in [5.41, 5.74) is -0.158. The fourth-order valence-corrected chi connectivity index (χ4v) is 0.885. The molecule has 0 rings (SSSR count). The largest absolute Gasteiger partial charge is 0.348 e. The van der Waals surface area contributed by atoms with Gasteiger partial charge in [-0.1, -0.05) is 6.58 Å². The van der Waals surface area contributed by atoms with E-state index in [1.54, 1.807) is 0 Å². The molecular formula is C9H18N2O. The van der Waals surface area contributed by atoms with E-state index in [1.165, 1.54) is 6.08 Å². The van der Waals surface area contributed by atoms with Crippen LogP contribution in [-0.4, -0.2) is 25.0 Å². The molecule has 0 saturated heterocycles. The zero-order chi connectivity index (χ0) is 9.61. The number of rotatable bonds is 5. The van der Waals surface area contributed by atoms with E-state index in [-0.39, 0.29) is 11.4 Å². The normalized spacial score (nSPS) is 10.9. The van der Waals surface area contributed by atoms with E-state index < -0.39 is 0 Å². The molecule has 0 spiro atoms. The highest BCUT2D eigenvalue weighted by molar-refractivity contribution is 5.87. The molecule has 0 aromatic carbocycles. The van der Waals surface area contributed by atoms with Crippen LogP contribution in [0.2, 0.25) is 0 Å². The molecule has 0 aliphatic rings. The Hall–Kier alpha value is -0.830. The van der Waals surface area contributed by atoms with Gasteiger partial charge in [-0.25, -0.2) is 0 Å². The minimum Gasteiger partial charge on any atom is -0.348 e. The van der Waals surface area contributed by atoms with Gasteiger partial charge in [0.25, 0.3) is 0 Å². The molecule has 0 radical (unpaired) electrons. The lowest BCUT2D eigenvalue weighted by Gasteiger charge is -2.25. The van der Waals surface area contributed by atoms with Crippen molar-refractivity contribution in [2.45, 2.75) is 25.8 Å². The van der Waals surface area contributed by atoms with Crippen molar-refractivity contribution in [3.63, 3.8) is 0 Å². The van der Waals surface area contributed by atoms with E-state index in [0.29, 0.717) is 0 Å². The van der Waals surface area contributed by atoms with Gasteiger partial charge in [0.05, 0.1) is 0 Å². The van der Waals surface area contributed by atoms with Crippen LogP contribution in [0, 0.1) is 0 Å². The van der Waals surface area contributed by atoms with Crippen molar-refractivity contribution < 1.29 is 4.79 Å². The highest BCUT2D eigenvalue weighted by Crippen LogP contribution is 2.06. The molecule has 0 bridgehead atoms. The second-order valence-electron chi connectivity index (χ2n) is 3.43. The van der Waals surface area contributed by atoms with E-state index in [2.05, 4.69) is 17.2 Å². The van der Waals surface area contributed by atoms with Crippen LogP contribution in [0.25, 0.3) is 0 Å². The van der Waals surface area contributed by atoms with Crippen molar-refractivity contribution in [2.24, 2.45) is 0 Å². The number of amides is 1. The van der Waals surface area contributed by atoms with Gasteiger partial charge in [-0.3, -0.25) is 4.79 Å². The summed E-state index contributed by atoms with van der Waals surface area (Å²) >= 11 is 0. The smallest absolute Gasteiger partial charge is 0.243 e. The molecule has 0 aliphatic carbocycles. The van der Waals surface area contributed by atoms with Crippen LogP contribution in [-0.2, 0) is 4.79 Å². The Morgan fingerprint density at radius 2 is 2.17 bits per heavy atom. The molecule has 3 nitrogen and oxygen atoms in total. The lowest BCUT2D eigenvalue weighted by atomic mass is 10.0. The van der Waals surface area contributed by atoms with Gasteiger partial charge in [-0.05, 0) is 39.9 Å². The van der Waals surface area contributed by atoms with Crippen LogP contribution in [0.3, 0.4) is 0 Å². The first-order chi connectivity index (χ1) is 5.52. The standard InChI is InChI=1S/C9H18N2O/c1-5-8(12)11-9(2,3)6-7-10-4/h5,10H,1,6-7H2,2-4H3,(H,11,12). The van der Waals surface area contributed by atoms with E-state index in [9.17, 15) is 4.79 Å². The number of carbonyl (C=O) groups excluding carboxylic acids is 1. The SMILES string of the molecule is C=CC(=O)NC(C)(C)CCNC. The lowest BCUT2D eigenvalue weighted by molar-refractivity contribution is -0.118. The minimum absolute atomic E-state index is 0.115. The molecule has 2 N–H and O–H groups in total. The summed E-state index contributed by atoms with van der Waals surface area (Å²) in [6.45, 7) is 8.27. The van der Waals surface area contributed by atoms with Gasteiger partial charge < -0.3 is 10.6 Å². The Morgan fingerprint density at radius 1 is 1.58 bits per heavy atom. The molecule has 0 heterocycles. The third kappa shape index (κ3) is 4.91. The average molecular weight is 170 g/mol. The Morgan fingerprint density at radius 3 is 2.58 bits per heavy atom. The van der Waals surface area contributed by atoms with Crippen LogP contribution in [0.4, 0.5) is 0 Å². The van der Waals surface area contributed by atoms with Crippen molar-refractivity contribution in [1.29, 1.82) is 0 Å². The van der Waals surface area contributed by atoms with Crippen LogP contribution >= 0.6 is 0 Å². The summed E-state index contributed by atoms with van der Waals surface area (Å²) in [5, 5.41) is 5.88. The third-order valence-electron chi connectivity index (χ3n) is 1.65. The zero-order valence-electron chi connectivity index (χ0n) is 8.11. The quantitative estimate of drug-likeness (QED) is 0.596. The van der Waals surface area contributed by atoms with Crippen molar-refractivity contribution in [1.82, 2.24) is 10.6 Å². The Kier molecular flexibility index (Phi) is 4.59. The fourth-order valence-electron chi connectivity index (χ4n) is 0.885. The van der Waals surface area contributed by atoms with Gasteiger partial charge in [-0.15, -0.1) is 0 Å². The third-order valence-corrected chi connectivity index (χ3v) is 1.65. The van der Waals surface area contributed by atoms with E-state index in [0.717, 1.165) is 13.0 Å². The molecule has 0 aliphatic heterocycles. The zero-order valence-corrected chi connectivity index (χ0v) is 8.11. The monoisotopic (exact) mass is 170 g/mol. The maximum Gasteiger partial charge on any atom is 0.243 e. The number of hydrogen-bond acceptors (Lipinski definition) is 2. The number of carbonyl (C=O) groups is 1. The highest BCUT2D eigenvalue weighted by Gasteiger charge is 2.17. The molecule has 12 heavy (non-hydrogen) atoms. The fraction of sp³-hybridized carbons (Fsp3) is 0.667. The molecule has 70 valence electrons. The van der Waals surface area contributed by atoms with Gasteiger partial charge in [0.1, 0.15) is 0 Å². The predicted molar refractivity (Wildman–Crippen MR) is 51.0 cm³/mol. The van der Waals surface area contributed by atoms with Crippen LogP contribution in [0.1, 0.15) is 20.3 Å². The Labute approximate surface area is 74.2 Å². The molecule has 1 amide bonds. The van der Waals surface area contributed by atoms with Crippen LogP contribution in [0.5, 0.6) is 0 Å². The van der Waals surface area contributed by atoms with Crippen molar-refractivity contribution >= 4 is 5.91 Å². The number of hydrogen-bond donors (Lipinski definition) is 2. The maximum atomic E-state index is 10.9. The van der Waals surface area contributed by atoms with E-state index in [1.807, 2.05) is 20.9 Å². The summed E-state index contributed by atoms with van der Waals surface area (Å²) in [6.07, 6.45) is 2.20. The van der Waals surface area contributed by atoms with E-state index >= 15 is 0 Å². The molecule has 0 saturated carbocycles. The lowest BCUT2D eigenvalue weighted by Crippen LogP contribution is -2.44. The van der Waals surface area contributed by atoms with Crippen LogP contribution in [0.15, 0.2) is 12.7 Å². The minimum atomic E-state index is -0.158. The van der Waals surface area contributed by atoms with Crippen LogP contribution < -0.4 is 10.6 Å². The summed E-state index contributed by atoms with van der Waals surface area (Å²) in [6, 6.07) is 0. The van der Waals surface area contributed by atoms with Gasteiger partial charge in [-0.2, -0.15) is 0 Å². The predicted octanol–water partition coefficient (Wildman–Crippen LogP) is 0.677. The highest BCUT2D eigenvalue weighted by atomic mass is 16.1. The van der Waals surface area contributed by atoms with Gasteiger partial charge in [0.2, 0.25) is 5.91 Å².